The fourth-order valence-corrected chi connectivity index (χ4v) is 4.43. The summed E-state index contributed by atoms with van der Waals surface area (Å²) in [6, 6.07) is 0. The zero-order valence-electron chi connectivity index (χ0n) is 18.6. The average molecular weight is 427 g/mol. The molecule has 0 saturated heterocycles. The lowest BCUT2D eigenvalue weighted by Crippen LogP contribution is -2.46. The van der Waals surface area contributed by atoms with Gasteiger partial charge in [-0.25, -0.2) is 0 Å². The van der Waals surface area contributed by atoms with E-state index < -0.39 is 0 Å². The van der Waals surface area contributed by atoms with Crippen molar-refractivity contribution in [1.82, 2.24) is 0 Å². The Morgan fingerprint density at radius 2 is 1.19 bits per heavy atom. The molecular weight excluding hydrogens is 377 g/mol. The quantitative estimate of drug-likeness (QED) is 0.175. The SMILES string of the molecule is CCCCCCCCCCCCCCCC(Cl)C(CC(C)O)C(C)(C)N.Cl. The van der Waals surface area contributed by atoms with Gasteiger partial charge in [-0.3, -0.25) is 0 Å². The number of unbranched alkanes of at least 4 members (excludes halogenated alkanes) is 12. The maximum Gasteiger partial charge on any atom is 0.0516 e. The zero-order chi connectivity index (χ0) is 19.8. The number of rotatable bonds is 18. The van der Waals surface area contributed by atoms with Gasteiger partial charge in [0.25, 0.3) is 0 Å². The predicted molar refractivity (Wildman–Crippen MR) is 125 cm³/mol. The number of alkyl halides is 1. The highest BCUT2D eigenvalue weighted by Crippen LogP contribution is 2.30. The van der Waals surface area contributed by atoms with Crippen LogP contribution in [-0.2, 0) is 0 Å². The highest BCUT2D eigenvalue weighted by atomic mass is 35.5. The van der Waals surface area contributed by atoms with Crippen molar-refractivity contribution < 1.29 is 5.11 Å². The molecule has 0 heterocycles. The molecule has 0 aromatic heterocycles. The van der Waals surface area contributed by atoms with Gasteiger partial charge in [-0.05, 0) is 39.5 Å². The molecule has 0 aromatic rings. The third kappa shape index (κ3) is 18.3. The molecule has 0 radical (unpaired) electrons. The monoisotopic (exact) mass is 425 g/mol. The molecule has 3 unspecified atom stereocenters. The topological polar surface area (TPSA) is 46.2 Å². The van der Waals surface area contributed by atoms with E-state index in [4.69, 9.17) is 17.3 Å². The molecule has 0 aliphatic heterocycles. The molecule has 0 fully saturated rings. The van der Waals surface area contributed by atoms with E-state index in [2.05, 4.69) is 6.92 Å². The Balaban J connectivity index is 0. The number of halogens is 2. The Morgan fingerprint density at radius 3 is 1.52 bits per heavy atom. The van der Waals surface area contributed by atoms with Crippen molar-refractivity contribution >= 4 is 24.0 Å². The average Bonchev–Trinajstić information content (AvgIpc) is 2.55. The molecule has 0 aliphatic carbocycles. The summed E-state index contributed by atoms with van der Waals surface area (Å²) in [5.74, 6) is 0.168. The van der Waals surface area contributed by atoms with Crippen LogP contribution in [0.2, 0.25) is 0 Å². The van der Waals surface area contributed by atoms with E-state index in [1.807, 2.05) is 20.8 Å². The molecule has 27 heavy (non-hydrogen) atoms. The summed E-state index contributed by atoms with van der Waals surface area (Å²) in [6.07, 6.45) is 19.2. The van der Waals surface area contributed by atoms with Gasteiger partial charge < -0.3 is 10.8 Å². The van der Waals surface area contributed by atoms with Crippen LogP contribution in [0, 0.1) is 5.92 Å². The molecule has 0 aliphatic rings. The molecule has 0 bridgehead atoms. The Hall–Kier alpha value is 0.500. The van der Waals surface area contributed by atoms with Crippen LogP contribution in [-0.4, -0.2) is 22.1 Å². The smallest absolute Gasteiger partial charge is 0.0516 e. The lowest BCUT2D eigenvalue weighted by atomic mass is 9.80. The van der Waals surface area contributed by atoms with Crippen LogP contribution < -0.4 is 5.73 Å². The Bertz CT molecular complexity index is 305. The molecule has 0 rings (SSSR count). The lowest BCUT2D eigenvalue weighted by Gasteiger charge is -2.35. The molecule has 2 nitrogen and oxygen atoms in total. The first-order valence-electron chi connectivity index (χ1n) is 11.4. The fourth-order valence-electron chi connectivity index (χ4n) is 3.84. The first-order chi connectivity index (χ1) is 12.3. The van der Waals surface area contributed by atoms with Gasteiger partial charge in [0.15, 0.2) is 0 Å². The number of hydrogen-bond donors (Lipinski definition) is 2. The van der Waals surface area contributed by atoms with Gasteiger partial charge in [-0.1, -0.05) is 90.4 Å². The van der Waals surface area contributed by atoms with Crippen molar-refractivity contribution in [2.45, 2.75) is 141 Å². The lowest BCUT2D eigenvalue weighted by molar-refractivity contribution is 0.132. The van der Waals surface area contributed by atoms with Crippen molar-refractivity contribution in [3.8, 4) is 0 Å². The maximum absolute atomic E-state index is 9.70. The van der Waals surface area contributed by atoms with E-state index in [0.717, 1.165) is 6.42 Å². The normalized spacial score (nSPS) is 15.2. The number of aliphatic hydroxyl groups excluding tert-OH is 1. The Labute approximate surface area is 181 Å². The maximum atomic E-state index is 9.70. The second-order valence-corrected chi connectivity index (χ2v) is 9.62. The molecule has 3 atom stereocenters. The van der Waals surface area contributed by atoms with Crippen molar-refractivity contribution in [2.24, 2.45) is 11.7 Å². The van der Waals surface area contributed by atoms with E-state index in [1.54, 1.807) is 0 Å². The van der Waals surface area contributed by atoms with E-state index in [-0.39, 0.29) is 35.3 Å². The van der Waals surface area contributed by atoms with Crippen LogP contribution in [0.25, 0.3) is 0 Å². The molecule has 166 valence electrons. The summed E-state index contributed by atoms with van der Waals surface area (Å²) in [4.78, 5) is 0. The third-order valence-electron chi connectivity index (χ3n) is 5.57. The number of hydrogen-bond acceptors (Lipinski definition) is 2. The summed E-state index contributed by atoms with van der Waals surface area (Å²) in [5.41, 5.74) is 5.94. The van der Waals surface area contributed by atoms with Crippen LogP contribution in [0.1, 0.15) is 124 Å². The minimum Gasteiger partial charge on any atom is -0.393 e. The Kier molecular flexibility index (Phi) is 20.4. The molecule has 0 amide bonds. The summed E-state index contributed by atoms with van der Waals surface area (Å²) in [5, 5.41) is 9.77. The summed E-state index contributed by atoms with van der Waals surface area (Å²) in [7, 11) is 0. The second kappa shape index (κ2) is 18.5. The molecule has 0 saturated carbocycles. The van der Waals surface area contributed by atoms with Crippen molar-refractivity contribution in [1.29, 1.82) is 0 Å². The van der Waals surface area contributed by atoms with Crippen molar-refractivity contribution in [3.63, 3.8) is 0 Å². The highest BCUT2D eigenvalue weighted by Gasteiger charge is 2.32. The fraction of sp³-hybridized carbons (Fsp3) is 1.00. The molecule has 4 heteroatoms. The second-order valence-electron chi connectivity index (χ2n) is 9.06. The van der Waals surface area contributed by atoms with E-state index in [1.165, 1.54) is 83.5 Å². The van der Waals surface area contributed by atoms with E-state index >= 15 is 0 Å². The molecule has 3 N–H and O–H groups in total. The van der Waals surface area contributed by atoms with Gasteiger partial charge >= 0.3 is 0 Å². The summed E-state index contributed by atoms with van der Waals surface area (Å²) >= 11 is 6.63. The minimum absolute atomic E-state index is 0. The first-order valence-corrected chi connectivity index (χ1v) is 11.8. The van der Waals surface area contributed by atoms with Crippen LogP contribution >= 0.6 is 24.0 Å². The standard InChI is InChI=1S/C23H48ClNO.ClH/c1-5-6-7-8-9-10-11-12-13-14-15-16-17-18-22(24)21(19-20(2)26)23(3,4)25;/h20-22,26H,5-19,25H2,1-4H3;1H. The molecule has 0 spiro atoms. The van der Waals surface area contributed by atoms with Gasteiger partial charge in [-0.2, -0.15) is 0 Å². The minimum atomic E-state index is -0.337. The van der Waals surface area contributed by atoms with E-state index in [0.29, 0.717) is 6.42 Å². The van der Waals surface area contributed by atoms with Gasteiger partial charge in [0, 0.05) is 10.9 Å². The van der Waals surface area contributed by atoms with Crippen LogP contribution in [0.4, 0.5) is 0 Å². The van der Waals surface area contributed by atoms with Gasteiger partial charge in [0.05, 0.1) is 6.10 Å². The molecule has 0 aromatic carbocycles. The Morgan fingerprint density at radius 1 is 0.815 bits per heavy atom. The van der Waals surface area contributed by atoms with Gasteiger partial charge in [0.2, 0.25) is 0 Å². The van der Waals surface area contributed by atoms with Crippen LogP contribution in [0.3, 0.4) is 0 Å². The van der Waals surface area contributed by atoms with Gasteiger partial charge in [-0.15, -0.1) is 24.0 Å². The van der Waals surface area contributed by atoms with Crippen molar-refractivity contribution in [3.05, 3.63) is 0 Å². The largest absolute Gasteiger partial charge is 0.393 e. The van der Waals surface area contributed by atoms with Crippen molar-refractivity contribution in [2.75, 3.05) is 0 Å². The summed E-state index contributed by atoms with van der Waals surface area (Å²) < 4.78 is 0. The predicted octanol–water partition coefficient (Wildman–Crippen LogP) is 7.62. The van der Waals surface area contributed by atoms with Crippen LogP contribution in [0.15, 0.2) is 0 Å². The van der Waals surface area contributed by atoms with Gasteiger partial charge in [0.1, 0.15) is 0 Å². The summed E-state index contributed by atoms with van der Waals surface area (Å²) in [6.45, 7) is 8.16. The molecular formula is C23H49Cl2NO. The highest BCUT2D eigenvalue weighted by molar-refractivity contribution is 6.20. The van der Waals surface area contributed by atoms with Crippen LogP contribution in [0.5, 0.6) is 0 Å². The van der Waals surface area contributed by atoms with E-state index in [9.17, 15) is 5.11 Å². The number of nitrogens with two attached hydrogens (primary N) is 1. The third-order valence-corrected chi connectivity index (χ3v) is 6.09. The zero-order valence-corrected chi connectivity index (χ0v) is 20.2. The first kappa shape index (κ1) is 29.7. The number of aliphatic hydroxyl groups is 1.